The molecule has 150 valence electrons. The molecule has 2 aromatic rings. The predicted molar refractivity (Wildman–Crippen MR) is 101 cm³/mol. The first-order valence-corrected chi connectivity index (χ1v) is 9.21. The number of carbonyl (C=O) groups is 2. The monoisotopic (exact) mass is 389 g/mol. The second-order valence-corrected chi connectivity index (χ2v) is 6.52. The molecule has 0 saturated carbocycles. The lowest BCUT2D eigenvalue weighted by molar-refractivity contribution is -0.120. The van der Waals surface area contributed by atoms with Crippen molar-refractivity contribution in [1.29, 1.82) is 0 Å². The van der Waals surface area contributed by atoms with Gasteiger partial charge in [0.15, 0.2) is 5.69 Å². The summed E-state index contributed by atoms with van der Waals surface area (Å²) in [6.45, 7) is 5.98. The number of aryl methyl sites for hydroxylation is 1. The smallest absolute Gasteiger partial charge is 0.272 e. The maximum atomic E-state index is 13.9. The van der Waals surface area contributed by atoms with Crippen molar-refractivity contribution in [2.45, 2.75) is 6.92 Å². The molecular weight excluding hydrogens is 365 g/mol. The molecule has 28 heavy (non-hydrogen) atoms. The van der Waals surface area contributed by atoms with Crippen LogP contribution < -0.4 is 10.6 Å². The summed E-state index contributed by atoms with van der Waals surface area (Å²) < 4.78 is 20.6. The Balaban J connectivity index is 1.47. The first kappa shape index (κ1) is 20.0. The largest absolute Gasteiger partial charge is 0.379 e. The number of carbonyl (C=O) groups excluding carboxylic acids is 2. The molecule has 1 aromatic carbocycles. The van der Waals surface area contributed by atoms with Crippen molar-refractivity contribution in [2.24, 2.45) is 0 Å². The van der Waals surface area contributed by atoms with E-state index in [0.717, 1.165) is 19.6 Å². The zero-order chi connectivity index (χ0) is 19.9. The van der Waals surface area contributed by atoms with E-state index in [2.05, 4.69) is 20.6 Å². The van der Waals surface area contributed by atoms with Gasteiger partial charge in [0.1, 0.15) is 11.5 Å². The molecule has 0 spiro atoms. The van der Waals surface area contributed by atoms with Crippen molar-refractivity contribution < 1.29 is 18.7 Å². The number of hydrogen-bond acceptors (Lipinski definition) is 5. The Kier molecular flexibility index (Phi) is 6.72. The standard InChI is InChI=1S/C19H24FN5O3/c1-14-12-16(23-25(14)17-5-3-2-4-15(17)20)19(27)22-13-18(26)21-6-7-24-8-10-28-11-9-24/h2-5,12H,6-11,13H2,1H3,(H,21,26)(H,22,27). The van der Waals surface area contributed by atoms with Crippen LogP contribution in [0, 0.1) is 12.7 Å². The number of para-hydroxylation sites is 1. The van der Waals surface area contributed by atoms with Crippen molar-refractivity contribution in [3.05, 3.63) is 47.5 Å². The lowest BCUT2D eigenvalue weighted by Crippen LogP contribution is -2.43. The first-order chi connectivity index (χ1) is 13.5. The van der Waals surface area contributed by atoms with Gasteiger partial charge in [-0.2, -0.15) is 5.10 Å². The third-order valence-corrected chi connectivity index (χ3v) is 4.46. The summed E-state index contributed by atoms with van der Waals surface area (Å²) in [5.41, 5.74) is 1.01. The Morgan fingerprint density at radius 2 is 1.96 bits per heavy atom. The van der Waals surface area contributed by atoms with E-state index in [1.807, 2.05) is 0 Å². The van der Waals surface area contributed by atoms with Gasteiger partial charge in [0.2, 0.25) is 5.91 Å². The third-order valence-electron chi connectivity index (χ3n) is 4.46. The molecule has 2 N–H and O–H groups in total. The summed E-state index contributed by atoms with van der Waals surface area (Å²) in [5, 5.41) is 9.47. The average Bonchev–Trinajstić information content (AvgIpc) is 3.09. The van der Waals surface area contributed by atoms with Gasteiger partial charge >= 0.3 is 0 Å². The van der Waals surface area contributed by atoms with Gasteiger partial charge in [0.05, 0.1) is 19.8 Å². The number of halogens is 1. The highest BCUT2D eigenvalue weighted by Crippen LogP contribution is 2.15. The van der Waals surface area contributed by atoms with Gasteiger partial charge in [-0.1, -0.05) is 12.1 Å². The normalized spacial score (nSPS) is 14.6. The molecule has 3 rings (SSSR count). The van der Waals surface area contributed by atoms with E-state index in [9.17, 15) is 14.0 Å². The van der Waals surface area contributed by atoms with Crippen LogP contribution in [0.3, 0.4) is 0 Å². The molecule has 2 heterocycles. The molecule has 1 aliphatic heterocycles. The van der Waals surface area contributed by atoms with Gasteiger partial charge in [-0.3, -0.25) is 14.5 Å². The molecule has 1 aliphatic rings. The summed E-state index contributed by atoms with van der Waals surface area (Å²) >= 11 is 0. The van der Waals surface area contributed by atoms with Crippen LogP contribution >= 0.6 is 0 Å². The predicted octanol–water partition coefficient (Wildman–Crippen LogP) is 0.498. The zero-order valence-electron chi connectivity index (χ0n) is 15.8. The minimum Gasteiger partial charge on any atom is -0.379 e. The second-order valence-electron chi connectivity index (χ2n) is 6.52. The van der Waals surface area contributed by atoms with Crippen LogP contribution in [0.5, 0.6) is 0 Å². The molecule has 1 aromatic heterocycles. The Morgan fingerprint density at radius 3 is 2.71 bits per heavy atom. The van der Waals surface area contributed by atoms with Crippen molar-refractivity contribution in [3.8, 4) is 5.69 Å². The second kappa shape index (κ2) is 9.43. The first-order valence-electron chi connectivity index (χ1n) is 9.21. The van der Waals surface area contributed by atoms with Crippen LogP contribution in [-0.4, -0.2) is 72.4 Å². The number of ether oxygens (including phenoxy) is 1. The van der Waals surface area contributed by atoms with E-state index in [-0.39, 0.29) is 23.8 Å². The topological polar surface area (TPSA) is 88.5 Å². The molecule has 9 heteroatoms. The van der Waals surface area contributed by atoms with Gasteiger partial charge in [-0.15, -0.1) is 0 Å². The number of hydrogen-bond donors (Lipinski definition) is 2. The van der Waals surface area contributed by atoms with E-state index in [4.69, 9.17) is 4.74 Å². The molecule has 0 radical (unpaired) electrons. The van der Waals surface area contributed by atoms with E-state index in [1.165, 1.54) is 10.7 Å². The number of rotatable bonds is 7. The molecule has 0 unspecified atom stereocenters. The van der Waals surface area contributed by atoms with E-state index >= 15 is 0 Å². The van der Waals surface area contributed by atoms with Crippen molar-refractivity contribution in [1.82, 2.24) is 25.3 Å². The number of nitrogens with one attached hydrogen (secondary N) is 2. The van der Waals surface area contributed by atoms with Gasteiger partial charge in [0, 0.05) is 31.9 Å². The quantitative estimate of drug-likeness (QED) is 0.720. The summed E-state index contributed by atoms with van der Waals surface area (Å²) in [6.07, 6.45) is 0. The SMILES string of the molecule is Cc1cc(C(=O)NCC(=O)NCCN2CCOCC2)nn1-c1ccccc1F. The number of benzene rings is 1. The van der Waals surface area contributed by atoms with E-state index in [0.29, 0.717) is 25.5 Å². The lowest BCUT2D eigenvalue weighted by Gasteiger charge is -2.26. The van der Waals surface area contributed by atoms with Gasteiger partial charge in [0.25, 0.3) is 5.91 Å². The van der Waals surface area contributed by atoms with Crippen LogP contribution in [0.15, 0.2) is 30.3 Å². The molecule has 0 aliphatic carbocycles. The fraction of sp³-hybridized carbons (Fsp3) is 0.421. The molecule has 1 saturated heterocycles. The van der Waals surface area contributed by atoms with Crippen LogP contribution in [-0.2, 0) is 9.53 Å². The van der Waals surface area contributed by atoms with E-state index < -0.39 is 11.7 Å². The highest BCUT2D eigenvalue weighted by atomic mass is 19.1. The fourth-order valence-electron chi connectivity index (χ4n) is 2.94. The van der Waals surface area contributed by atoms with Crippen molar-refractivity contribution in [3.63, 3.8) is 0 Å². The Bertz CT molecular complexity index is 833. The highest BCUT2D eigenvalue weighted by molar-refractivity contribution is 5.95. The number of amides is 2. The van der Waals surface area contributed by atoms with Crippen LogP contribution in [0.1, 0.15) is 16.2 Å². The minimum atomic E-state index is -0.485. The molecule has 1 fully saturated rings. The Labute approximate surface area is 162 Å². The van der Waals surface area contributed by atoms with Gasteiger partial charge < -0.3 is 15.4 Å². The maximum absolute atomic E-state index is 13.9. The molecule has 0 atom stereocenters. The van der Waals surface area contributed by atoms with Gasteiger partial charge in [-0.05, 0) is 25.1 Å². The molecule has 2 amide bonds. The minimum absolute atomic E-state index is 0.127. The molecule has 0 bridgehead atoms. The third kappa shape index (κ3) is 5.14. The number of morpholine rings is 1. The lowest BCUT2D eigenvalue weighted by atomic mass is 10.3. The van der Waals surface area contributed by atoms with Gasteiger partial charge in [-0.25, -0.2) is 9.07 Å². The Hall–Kier alpha value is -2.78. The molecule has 8 nitrogen and oxygen atoms in total. The van der Waals surface area contributed by atoms with Crippen molar-refractivity contribution in [2.75, 3.05) is 45.9 Å². The average molecular weight is 389 g/mol. The number of aromatic nitrogens is 2. The zero-order valence-corrected chi connectivity index (χ0v) is 15.8. The van der Waals surface area contributed by atoms with Crippen LogP contribution in [0.25, 0.3) is 5.69 Å². The maximum Gasteiger partial charge on any atom is 0.272 e. The van der Waals surface area contributed by atoms with E-state index in [1.54, 1.807) is 31.2 Å². The molecular formula is C19H24FN5O3. The van der Waals surface area contributed by atoms with Crippen LogP contribution in [0.2, 0.25) is 0 Å². The fourth-order valence-corrected chi connectivity index (χ4v) is 2.94. The van der Waals surface area contributed by atoms with Crippen LogP contribution in [0.4, 0.5) is 4.39 Å². The summed E-state index contributed by atoms with van der Waals surface area (Å²) in [7, 11) is 0. The van der Waals surface area contributed by atoms with Crippen molar-refractivity contribution >= 4 is 11.8 Å². The number of nitrogens with zero attached hydrogens (tertiary/aromatic N) is 3. The highest BCUT2D eigenvalue weighted by Gasteiger charge is 2.16. The summed E-state index contributed by atoms with van der Waals surface area (Å²) in [4.78, 5) is 26.4. The summed E-state index contributed by atoms with van der Waals surface area (Å²) in [6, 6.07) is 7.75. The Morgan fingerprint density at radius 1 is 1.21 bits per heavy atom. The summed E-state index contributed by atoms with van der Waals surface area (Å²) in [5.74, 6) is -1.19.